The van der Waals surface area contributed by atoms with Crippen molar-refractivity contribution in [2.75, 3.05) is 0 Å². The van der Waals surface area contributed by atoms with E-state index < -0.39 is 35.5 Å². The number of benzene rings is 1. The van der Waals surface area contributed by atoms with Crippen molar-refractivity contribution in [1.82, 2.24) is 10.2 Å². The predicted octanol–water partition coefficient (Wildman–Crippen LogP) is 2.58. The van der Waals surface area contributed by atoms with Crippen LogP contribution < -0.4 is 5.32 Å². The molecule has 2 heterocycles. The molecule has 158 valence electrons. The largest absolute Gasteiger partial charge is 0.416 e. The highest BCUT2D eigenvalue weighted by Gasteiger charge is 2.41. The molecule has 0 aromatic heterocycles. The van der Waals surface area contributed by atoms with Gasteiger partial charge in [-0.15, -0.1) is 0 Å². The average molecular weight is 420 g/mol. The predicted molar refractivity (Wildman–Crippen MR) is 98.9 cm³/mol. The van der Waals surface area contributed by atoms with E-state index >= 15 is 0 Å². The Balaban J connectivity index is 1.91. The van der Waals surface area contributed by atoms with Gasteiger partial charge in [0.25, 0.3) is 5.91 Å². The Morgan fingerprint density at radius 3 is 2.63 bits per heavy atom. The maximum atomic E-state index is 13.3. The monoisotopic (exact) mass is 420 g/mol. The molecular formula is C21H19F3N2O4. The summed E-state index contributed by atoms with van der Waals surface area (Å²) in [6.07, 6.45) is -1.61. The van der Waals surface area contributed by atoms with Crippen molar-refractivity contribution in [2.24, 2.45) is 0 Å². The fourth-order valence-electron chi connectivity index (χ4n) is 3.54. The first-order valence-electron chi connectivity index (χ1n) is 9.53. The molecule has 1 unspecified atom stereocenters. The lowest BCUT2D eigenvalue weighted by atomic mass is 9.99. The minimum Gasteiger partial charge on any atom is -0.322 e. The number of nitrogens with zero attached hydrogens (tertiary/aromatic N) is 1. The molecule has 1 saturated heterocycles. The van der Waals surface area contributed by atoms with Crippen LogP contribution in [0.25, 0.3) is 0 Å². The Labute approximate surface area is 170 Å². The smallest absolute Gasteiger partial charge is 0.322 e. The zero-order chi connectivity index (χ0) is 21.9. The van der Waals surface area contributed by atoms with Crippen LogP contribution in [-0.2, 0) is 27.1 Å². The van der Waals surface area contributed by atoms with Gasteiger partial charge in [0.15, 0.2) is 0 Å². The number of piperidine rings is 1. The second kappa shape index (κ2) is 8.69. The van der Waals surface area contributed by atoms with Gasteiger partial charge in [-0.3, -0.25) is 19.7 Å². The van der Waals surface area contributed by atoms with E-state index in [0.717, 1.165) is 18.4 Å². The fraction of sp³-hybridized carbons (Fsp3) is 0.429. The van der Waals surface area contributed by atoms with Gasteiger partial charge >= 0.3 is 6.18 Å². The summed E-state index contributed by atoms with van der Waals surface area (Å²) < 4.78 is 40.0. The minimum absolute atomic E-state index is 0.0479. The van der Waals surface area contributed by atoms with Crippen molar-refractivity contribution in [3.63, 3.8) is 0 Å². The van der Waals surface area contributed by atoms with Gasteiger partial charge in [-0.1, -0.05) is 11.8 Å². The van der Waals surface area contributed by atoms with Gasteiger partial charge in [0.2, 0.25) is 11.8 Å². The van der Waals surface area contributed by atoms with Gasteiger partial charge in [0.05, 0.1) is 5.56 Å². The molecule has 1 N–H and O–H groups in total. The van der Waals surface area contributed by atoms with Gasteiger partial charge in [0, 0.05) is 36.9 Å². The average Bonchev–Trinajstić information content (AvgIpc) is 3.00. The molecule has 30 heavy (non-hydrogen) atoms. The molecule has 2 aliphatic heterocycles. The van der Waals surface area contributed by atoms with E-state index in [1.165, 1.54) is 4.90 Å². The van der Waals surface area contributed by atoms with Gasteiger partial charge in [0.1, 0.15) is 12.3 Å². The van der Waals surface area contributed by atoms with E-state index in [0.29, 0.717) is 31.2 Å². The summed E-state index contributed by atoms with van der Waals surface area (Å²) in [5.74, 6) is 3.77. The SMILES string of the molecule is O=CCCCCC#Cc1cc(C(F)(F)F)cc2c1CN(C1CCC(=O)NC1=O)C2=O. The quantitative estimate of drug-likeness (QED) is 0.344. The lowest BCUT2D eigenvalue weighted by molar-refractivity contribution is -0.138. The lowest BCUT2D eigenvalue weighted by Crippen LogP contribution is -2.52. The van der Waals surface area contributed by atoms with Crippen molar-refractivity contribution < 1.29 is 32.3 Å². The van der Waals surface area contributed by atoms with Crippen LogP contribution in [0.2, 0.25) is 0 Å². The maximum absolute atomic E-state index is 13.3. The molecule has 1 aromatic rings. The van der Waals surface area contributed by atoms with Gasteiger partial charge in [-0.25, -0.2) is 0 Å². The van der Waals surface area contributed by atoms with Crippen molar-refractivity contribution in [3.05, 3.63) is 34.4 Å². The number of carbonyl (C=O) groups is 4. The molecule has 0 bridgehead atoms. The van der Waals surface area contributed by atoms with Gasteiger partial charge in [-0.2, -0.15) is 13.2 Å². The lowest BCUT2D eigenvalue weighted by Gasteiger charge is -2.29. The molecule has 1 atom stereocenters. The third-order valence-corrected chi connectivity index (χ3v) is 5.08. The topological polar surface area (TPSA) is 83.6 Å². The van der Waals surface area contributed by atoms with E-state index in [4.69, 9.17) is 0 Å². The molecular weight excluding hydrogens is 401 g/mol. The van der Waals surface area contributed by atoms with Gasteiger partial charge in [-0.05, 0) is 37.0 Å². The summed E-state index contributed by atoms with van der Waals surface area (Å²) >= 11 is 0. The molecule has 0 aliphatic carbocycles. The minimum atomic E-state index is -4.66. The number of hydrogen-bond donors (Lipinski definition) is 1. The number of aldehydes is 1. The Bertz CT molecular complexity index is 959. The second-order valence-electron chi connectivity index (χ2n) is 7.16. The molecule has 3 amide bonds. The summed E-state index contributed by atoms with van der Waals surface area (Å²) in [6.45, 7) is -0.0479. The van der Waals surface area contributed by atoms with Crippen LogP contribution in [0.3, 0.4) is 0 Å². The first kappa shape index (κ1) is 21.6. The number of rotatable bonds is 5. The molecule has 9 heteroatoms. The molecule has 6 nitrogen and oxygen atoms in total. The number of amides is 3. The Morgan fingerprint density at radius 1 is 1.20 bits per heavy atom. The Hall–Kier alpha value is -3.15. The van der Waals surface area contributed by atoms with E-state index in [2.05, 4.69) is 17.2 Å². The van der Waals surface area contributed by atoms with Crippen LogP contribution in [0.1, 0.15) is 65.6 Å². The number of carbonyl (C=O) groups excluding carboxylic acids is 4. The van der Waals surface area contributed by atoms with Crippen LogP contribution in [0.15, 0.2) is 12.1 Å². The van der Waals surface area contributed by atoms with Crippen molar-refractivity contribution >= 4 is 24.0 Å². The number of unbranched alkanes of at least 4 members (excludes halogenated alkanes) is 3. The molecule has 0 saturated carbocycles. The van der Waals surface area contributed by atoms with E-state index in [9.17, 15) is 32.3 Å². The summed E-state index contributed by atoms with van der Waals surface area (Å²) in [4.78, 5) is 47.8. The van der Waals surface area contributed by atoms with E-state index in [1.807, 2.05) is 0 Å². The van der Waals surface area contributed by atoms with Crippen molar-refractivity contribution in [2.45, 2.75) is 57.3 Å². The Kier molecular flexibility index (Phi) is 6.25. The molecule has 0 radical (unpaired) electrons. The molecule has 0 spiro atoms. The van der Waals surface area contributed by atoms with Crippen molar-refractivity contribution in [1.29, 1.82) is 0 Å². The number of alkyl halides is 3. The third-order valence-electron chi connectivity index (χ3n) is 5.08. The third kappa shape index (κ3) is 4.53. The maximum Gasteiger partial charge on any atom is 0.416 e. The molecule has 1 fully saturated rings. The normalized spacial score (nSPS) is 18.6. The highest BCUT2D eigenvalue weighted by molar-refractivity contribution is 6.05. The molecule has 2 aliphatic rings. The summed E-state index contributed by atoms with van der Waals surface area (Å²) in [5.41, 5.74) is -0.666. The standard InChI is InChI=1S/C21H19F3N2O4/c22-21(23,24)14-10-13(6-4-2-1-3-5-9-27)16-12-26(20(30)15(16)11-14)17-7-8-18(28)25-19(17)29/h9-11,17H,1-3,5,7-8,12H2,(H,25,28,29). The number of nitrogens with one attached hydrogen (secondary N) is 1. The first-order chi connectivity index (χ1) is 14.2. The Morgan fingerprint density at radius 2 is 1.97 bits per heavy atom. The van der Waals surface area contributed by atoms with Crippen molar-refractivity contribution in [3.8, 4) is 11.8 Å². The highest BCUT2D eigenvalue weighted by Crippen LogP contribution is 2.36. The number of halogens is 3. The molecule has 3 rings (SSSR count). The summed E-state index contributed by atoms with van der Waals surface area (Å²) in [7, 11) is 0. The fourth-order valence-corrected chi connectivity index (χ4v) is 3.54. The van der Waals surface area contributed by atoms with Crippen LogP contribution in [-0.4, -0.2) is 34.9 Å². The van der Waals surface area contributed by atoms with E-state index in [1.54, 1.807) is 0 Å². The first-order valence-corrected chi connectivity index (χ1v) is 9.53. The van der Waals surface area contributed by atoms with E-state index in [-0.39, 0.29) is 30.5 Å². The zero-order valence-electron chi connectivity index (χ0n) is 16.0. The van der Waals surface area contributed by atoms with Gasteiger partial charge < -0.3 is 9.69 Å². The van der Waals surface area contributed by atoms with Crippen LogP contribution >= 0.6 is 0 Å². The summed E-state index contributed by atoms with van der Waals surface area (Å²) in [5, 5.41) is 2.16. The van der Waals surface area contributed by atoms with Crippen LogP contribution in [0.5, 0.6) is 0 Å². The number of fused-ring (bicyclic) bond motifs is 1. The summed E-state index contributed by atoms with van der Waals surface area (Å²) in [6, 6.07) is 0.790. The molecule has 1 aromatic carbocycles. The number of imide groups is 1. The second-order valence-corrected chi connectivity index (χ2v) is 7.16. The highest BCUT2D eigenvalue weighted by atomic mass is 19.4. The zero-order valence-corrected chi connectivity index (χ0v) is 16.0. The van der Waals surface area contributed by atoms with Crippen LogP contribution in [0.4, 0.5) is 13.2 Å². The number of hydrogen-bond acceptors (Lipinski definition) is 4. The van der Waals surface area contributed by atoms with Crippen LogP contribution in [0, 0.1) is 11.8 Å².